The monoisotopic (exact) mass is 761 g/mol. The number of fused-ring (bicyclic) bond motifs is 7. The van der Waals surface area contributed by atoms with Crippen molar-refractivity contribution in [3.8, 4) is 0 Å². The van der Waals surface area contributed by atoms with E-state index in [2.05, 4.69) is 59.9 Å². The molecule has 4 fully saturated rings. The molecule has 1 aromatic rings. The van der Waals surface area contributed by atoms with E-state index in [0.29, 0.717) is 23.3 Å². The van der Waals surface area contributed by atoms with Gasteiger partial charge in [0.15, 0.2) is 5.78 Å². The molecule has 296 valence electrons. The lowest BCUT2D eigenvalue weighted by Crippen LogP contribution is -2.65. The van der Waals surface area contributed by atoms with E-state index in [1.807, 2.05) is 31.2 Å². The van der Waals surface area contributed by atoms with Gasteiger partial charge in [-0.25, -0.2) is 0 Å². The van der Waals surface area contributed by atoms with Gasteiger partial charge in [0.25, 0.3) is 0 Å². The van der Waals surface area contributed by atoms with Crippen LogP contribution < -0.4 is 5.32 Å². The van der Waals surface area contributed by atoms with Crippen LogP contribution in [-0.2, 0) is 23.9 Å². The number of Topliss-reactive ketones (excluding diaryl/α,β-unsaturated/α-hetero) is 1. The lowest BCUT2D eigenvalue weighted by molar-refractivity contribution is -0.232. The van der Waals surface area contributed by atoms with Crippen molar-refractivity contribution in [3.63, 3.8) is 0 Å². The van der Waals surface area contributed by atoms with Crippen LogP contribution in [-0.4, -0.2) is 34.8 Å². The van der Waals surface area contributed by atoms with Crippen LogP contribution in [0.1, 0.15) is 145 Å². The van der Waals surface area contributed by atoms with E-state index in [4.69, 9.17) is 16.3 Å². The van der Waals surface area contributed by atoms with Crippen molar-refractivity contribution in [1.82, 2.24) is 5.32 Å². The van der Waals surface area contributed by atoms with E-state index in [1.54, 1.807) is 19.9 Å². The molecule has 0 unspecified atom stereocenters. The highest BCUT2D eigenvalue weighted by atomic mass is 35.5. The molecule has 1 aromatic carbocycles. The molecule has 0 heterocycles. The molecule has 4 saturated carbocycles. The number of benzene rings is 1. The van der Waals surface area contributed by atoms with E-state index in [9.17, 15) is 24.3 Å². The number of carbonyl (C=O) groups is 4. The topological polar surface area (TPSA) is 110 Å². The van der Waals surface area contributed by atoms with Gasteiger partial charge in [-0.2, -0.15) is 0 Å². The standard InChI is InChI=1S/C46H64ClNO6/c1-27(2)38-32(49)25-46(22-19-36(50)48-28(3)29-11-13-30(47)14-12-29)24-23-44(9)31(39(38)46)15-16-34-43(8)20-18-35(54-37(51)26-41(4,5)40(52)53)42(6,7)33(43)17-21-45(34,44)10/h11-14,19,22,27-28,31,33-35H,15-18,20-21,23-26H2,1-10H3,(H,48,50)(H,52,53)/t28-,31-,33+,34-,35+,43+,44-,45-,46+/m1/s1. The first-order chi connectivity index (χ1) is 25.0. The number of aliphatic carboxylic acids is 1. The molecule has 0 aromatic heterocycles. The van der Waals surface area contributed by atoms with Crippen LogP contribution in [0, 0.1) is 56.2 Å². The van der Waals surface area contributed by atoms with Crippen molar-refractivity contribution in [2.45, 2.75) is 146 Å². The third-order valence-corrected chi connectivity index (χ3v) is 16.4. The third kappa shape index (κ3) is 6.50. The van der Waals surface area contributed by atoms with Crippen LogP contribution in [0.2, 0.25) is 5.02 Å². The van der Waals surface area contributed by atoms with Crippen LogP contribution in [0.5, 0.6) is 0 Å². The number of ketones is 1. The van der Waals surface area contributed by atoms with E-state index in [-0.39, 0.29) is 63.8 Å². The van der Waals surface area contributed by atoms with Crippen LogP contribution in [0.25, 0.3) is 0 Å². The fourth-order valence-electron chi connectivity index (χ4n) is 13.0. The first-order valence-electron chi connectivity index (χ1n) is 20.5. The Morgan fingerprint density at radius 3 is 2.22 bits per heavy atom. The number of ether oxygens (including phenoxy) is 1. The minimum absolute atomic E-state index is 0.0114. The molecule has 7 nitrogen and oxygen atoms in total. The Bertz CT molecular complexity index is 1760. The summed E-state index contributed by atoms with van der Waals surface area (Å²) < 4.78 is 6.16. The largest absolute Gasteiger partial charge is 0.481 e. The zero-order valence-electron chi connectivity index (χ0n) is 34.4. The number of amides is 1. The van der Waals surface area contributed by atoms with Gasteiger partial charge >= 0.3 is 11.9 Å². The van der Waals surface area contributed by atoms with Crippen molar-refractivity contribution in [1.29, 1.82) is 0 Å². The Morgan fingerprint density at radius 1 is 0.926 bits per heavy atom. The van der Waals surface area contributed by atoms with Crippen molar-refractivity contribution in [2.24, 2.45) is 56.2 Å². The predicted octanol–water partition coefficient (Wildman–Crippen LogP) is 10.5. The summed E-state index contributed by atoms with van der Waals surface area (Å²) in [4.78, 5) is 52.3. The molecule has 0 aliphatic heterocycles. The molecule has 5 aliphatic carbocycles. The summed E-state index contributed by atoms with van der Waals surface area (Å²) in [7, 11) is 0. The number of rotatable bonds is 9. The molecule has 54 heavy (non-hydrogen) atoms. The van der Waals surface area contributed by atoms with Crippen LogP contribution in [0.15, 0.2) is 47.6 Å². The van der Waals surface area contributed by atoms with E-state index >= 15 is 0 Å². The minimum atomic E-state index is -1.17. The van der Waals surface area contributed by atoms with Crippen molar-refractivity contribution < 1.29 is 29.0 Å². The zero-order chi connectivity index (χ0) is 39.8. The number of nitrogens with one attached hydrogen (secondary N) is 1. The fourth-order valence-corrected chi connectivity index (χ4v) is 13.1. The van der Waals surface area contributed by atoms with Crippen LogP contribution in [0.4, 0.5) is 0 Å². The molecule has 6 rings (SSSR count). The van der Waals surface area contributed by atoms with E-state index in [1.165, 1.54) is 5.57 Å². The Morgan fingerprint density at radius 2 is 1.59 bits per heavy atom. The van der Waals surface area contributed by atoms with Gasteiger partial charge in [0.2, 0.25) is 5.91 Å². The smallest absolute Gasteiger partial charge is 0.309 e. The maximum atomic E-state index is 14.0. The molecule has 1 amide bonds. The number of carboxylic acids is 1. The summed E-state index contributed by atoms with van der Waals surface area (Å²) >= 11 is 6.09. The molecule has 0 radical (unpaired) electrons. The van der Waals surface area contributed by atoms with Gasteiger partial charge < -0.3 is 15.2 Å². The lowest BCUT2D eigenvalue weighted by Gasteiger charge is -2.72. The van der Waals surface area contributed by atoms with Gasteiger partial charge in [0.1, 0.15) is 6.10 Å². The van der Waals surface area contributed by atoms with Crippen molar-refractivity contribution in [2.75, 3.05) is 0 Å². The number of halogens is 1. The normalized spacial score (nSPS) is 36.6. The lowest BCUT2D eigenvalue weighted by atomic mass is 9.33. The number of carbonyl (C=O) groups excluding carboxylic acids is 3. The molecular formula is C46H64ClNO6. The molecule has 0 bridgehead atoms. The number of hydrogen-bond donors (Lipinski definition) is 2. The van der Waals surface area contributed by atoms with Crippen molar-refractivity contribution in [3.05, 3.63) is 58.1 Å². The van der Waals surface area contributed by atoms with Crippen LogP contribution >= 0.6 is 11.6 Å². The second-order valence-corrected chi connectivity index (χ2v) is 20.6. The van der Waals surface area contributed by atoms with Gasteiger partial charge in [0.05, 0.1) is 17.9 Å². The van der Waals surface area contributed by atoms with Crippen molar-refractivity contribution >= 4 is 35.2 Å². The summed E-state index contributed by atoms with van der Waals surface area (Å²) in [5, 5.41) is 13.4. The molecule has 5 aliphatic rings. The predicted molar refractivity (Wildman–Crippen MR) is 212 cm³/mol. The van der Waals surface area contributed by atoms with Gasteiger partial charge in [-0.15, -0.1) is 0 Å². The van der Waals surface area contributed by atoms with Gasteiger partial charge in [-0.05, 0) is 147 Å². The Labute approximate surface area is 328 Å². The summed E-state index contributed by atoms with van der Waals surface area (Å²) in [5.41, 5.74) is 1.54. The van der Waals surface area contributed by atoms with E-state index < -0.39 is 22.8 Å². The van der Waals surface area contributed by atoms with Crippen LogP contribution in [0.3, 0.4) is 0 Å². The molecule has 8 heteroatoms. The van der Waals surface area contributed by atoms with E-state index in [0.717, 1.165) is 62.5 Å². The Hall–Kier alpha value is -2.93. The average molecular weight is 762 g/mol. The number of hydrogen-bond acceptors (Lipinski definition) is 5. The molecule has 2 N–H and O–H groups in total. The first kappa shape index (κ1) is 40.7. The maximum absolute atomic E-state index is 14.0. The summed E-state index contributed by atoms with van der Waals surface area (Å²) in [6.07, 6.45) is 11.7. The third-order valence-electron chi connectivity index (χ3n) is 16.1. The summed E-state index contributed by atoms with van der Waals surface area (Å²) in [5.74, 6) is -0.107. The maximum Gasteiger partial charge on any atom is 0.309 e. The zero-order valence-corrected chi connectivity index (χ0v) is 35.1. The second kappa shape index (κ2) is 13.9. The second-order valence-electron chi connectivity index (χ2n) is 20.2. The molecule has 0 spiro atoms. The number of allylic oxidation sites excluding steroid dienone is 3. The fraction of sp³-hybridized carbons (Fsp3) is 0.696. The van der Waals surface area contributed by atoms with Gasteiger partial charge in [-0.3, -0.25) is 19.2 Å². The minimum Gasteiger partial charge on any atom is -0.481 e. The highest BCUT2D eigenvalue weighted by Gasteiger charge is 2.70. The summed E-state index contributed by atoms with van der Waals surface area (Å²) in [6.45, 7) is 21.6. The quantitative estimate of drug-likeness (QED) is 0.192. The first-order valence-corrected chi connectivity index (χ1v) is 20.9. The van der Waals surface area contributed by atoms with Gasteiger partial charge in [0, 0.05) is 22.3 Å². The highest BCUT2D eigenvalue weighted by Crippen LogP contribution is 2.77. The SMILES string of the molecule is CC(C)C1=C2[C@H]3CC[C@@H]4[C@@]5(C)CC[C@H](OC(=O)CC(C)(C)C(=O)O)C(C)(C)[C@@H]5CC[C@@]4(C)[C@]3(C)CC[C@@]2(C=CC(=O)N[C@H](C)c2ccc(Cl)cc2)CC1=O. The molecular weight excluding hydrogens is 698 g/mol. The highest BCUT2D eigenvalue weighted by molar-refractivity contribution is 6.30. The number of esters is 1. The number of carboxylic acid groups (broad SMARTS) is 1. The molecule has 9 atom stereocenters. The Kier molecular flexibility index (Phi) is 10.5. The van der Waals surface area contributed by atoms with Gasteiger partial charge in [-0.1, -0.05) is 78.3 Å². The summed E-state index contributed by atoms with van der Waals surface area (Å²) in [6, 6.07) is 7.35. The Balaban J connectivity index is 1.26. The molecule has 0 saturated heterocycles. The average Bonchev–Trinajstić information content (AvgIpc) is 3.37.